The van der Waals surface area contributed by atoms with E-state index in [1.807, 2.05) is 0 Å². The van der Waals surface area contributed by atoms with Gasteiger partial charge in [-0.1, -0.05) is 30.3 Å². The smallest absolute Gasteiger partial charge is 0.0683 e. The zero-order valence-corrected chi connectivity index (χ0v) is 13.8. The monoisotopic (exact) mass is 303 g/mol. The van der Waals surface area contributed by atoms with Gasteiger partial charge in [-0.05, 0) is 50.1 Å². The van der Waals surface area contributed by atoms with Crippen LogP contribution in [-0.4, -0.2) is 32.8 Å². The van der Waals surface area contributed by atoms with Gasteiger partial charge in [0.2, 0.25) is 0 Å². The molecule has 122 valence electrons. The number of rotatable bonds is 6. The van der Waals surface area contributed by atoms with Gasteiger partial charge in [0.15, 0.2) is 0 Å². The largest absolute Gasteiger partial charge is 0.382 e. The lowest BCUT2D eigenvalue weighted by molar-refractivity contribution is 0.110. The van der Waals surface area contributed by atoms with Gasteiger partial charge in [0.25, 0.3) is 0 Å². The van der Waals surface area contributed by atoms with E-state index >= 15 is 0 Å². The Morgan fingerprint density at radius 3 is 2.86 bits per heavy atom. The van der Waals surface area contributed by atoms with Crippen LogP contribution < -0.4 is 16.2 Å². The molecule has 3 N–H and O–H groups in total. The highest BCUT2D eigenvalue weighted by Gasteiger charge is 2.35. The average Bonchev–Trinajstić information content (AvgIpc) is 3.02. The number of nitrogens with one attached hydrogen (secondary N) is 3. The maximum Gasteiger partial charge on any atom is 0.0683 e. The molecule has 4 atom stereocenters. The highest BCUT2D eigenvalue weighted by atomic mass is 16.5. The Morgan fingerprint density at radius 2 is 2.09 bits per heavy atom. The van der Waals surface area contributed by atoms with E-state index in [1.54, 1.807) is 7.11 Å². The second-order valence-electron chi connectivity index (χ2n) is 7.08. The molecular formula is C18H29N3O. The first kappa shape index (κ1) is 15.9. The van der Waals surface area contributed by atoms with E-state index in [-0.39, 0.29) is 5.54 Å². The van der Waals surface area contributed by atoms with Crippen molar-refractivity contribution in [3.8, 4) is 0 Å². The molecule has 1 aliphatic heterocycles. The summed E-state index contributed by atoms with van der Waals surface area (Å²) < 4.78 is 5.49. The molecule has 1 aliphatic carbocycles. The van der Waals surface area contributed by atoms with Crippen LogP contribution in [0.15, 0.2) is 30.3 Å². The molecule has 2 fully saturated rings. The van der Waals surface area contributed by atoms with Crippen LogP contribution in [0, 0.1) is 11.8 Å². The molecule has 1 aromatic carbocycles. The zero-order valence-electron chi connectivity index (χ0n) is 13.8. The molecular weight excluding hydrogens is 274 g/mol. The second-order valence-corrected chi connectivity index (χ2v) is 7.08. The lowest BCUT2D eigenvalue weighted by atomic mass is 9.79. The quantitative estimate of drug-likeness (QED) is 0.752. The van der Waals surface area contributed by atoms with Crippen LogP contribution >= 0.6 is 0 Å². The van der Waals surface area contributed by atoms with Gasteiger partial charge >= 0.3 is 0 Å². The Morgan fingerprint density at radius 1 is 1.27 bits per heavy atom. The Labute approximate surface area is 134 Å². The lowest BCUT2D eigenvalue weighted by Crippen LogP contribution is -2.47. The summed E-state index contributed by atoms with van der Waals surface area (Å²) in [6.07, 6.45) is 3.93. The van der Waals surface area contributed by atoms with E-state index in [0.717, 1.165) is 24.9 Å². The number of ether oxygens (including phenoxy) is 1. The van der Waals surface area contributed by atoms with Crippen LogP contribution in [0.5, 0.6) is 0 Å². The van der Waals surface area contributed by atoms with Gasteiger partial charge in [0.1, 0.15) is 0 Å². The first-order chi connectivity index (χ1) is 10.7. The van der Waals surface area contributed by atoms with Crippen LogP contribution in [0.1, 0.15) is 31.7 Å². The molecule has 0 radical (unpaired) electrons. The van der Waals surface area contributed by atoms with E-state index in [9.17, 15) is 0 Å². The number of hydrogen-bond donors (Lipinski definition) is 3. The summed E-state index contributed by atoms with van der Waals surface area (Å²) in [6.45, 7) is 5.12. The van der Waals surface area contributed by atoms with Crippen LogP contribution in [0.3, 0.4) is 0 Å². The van der Waals surface area contributed by atoms with Crippen molar-refractivity contribution in [1.82, 2.24) is 16.2 Å². The first-order valence-corrected chi connectivity index (χ1v) is 8.49. The van der Waals surface area contributed by atoms with Gasteiger partial charge in [-0.25, -0.2) is 0 Å². The minimum Gasteiger partial charge on any atom is -0.382 e. The normalized spacial score (nSPS) is 30.7. The predicted octanol–water partition coefficient (Wildman–Crippen LogP) is 2.03. The van der Waals surface area contributed by atoms with Gasteiger partial charge in [-0.15, -0.1) is 0 Å². The van der Waals surface area contributed by atoms with E-state index < -0.39 is 0 Å². The number of fused-ring (bicyclic) bond motifs is 1. The highest BCUT2D eigenvalue weighted by Crippen LogP contribution is 2.31. The van der Waals surface area contributed by atoms with Crippen LogP contribution in [-0.2, 0) is 10.3 Å². The fourth-order valence-corrected chi connectivity index (χ4v) is 3.95. The molecule has 2 aliphatic rings. The summed E-state index contributed by atoms with van der Waals surface area (Å²) in [5, 5.41) is 3.79. The van der Waals surface area contributed by atoms with Crippen molar-refractivity contribution in [1.29, 1.82) is 0 Å². The minimum atomic E-state index is -0.117. The van der Waals surface area contributed by atoms with Crippen molar-refractivity contribution < 1.29 is 4.74 Å². The Bertz CT molecular complexity index is 467. The molecule has 22 heavy (non-hydrogen) atoms. The van der Waals surface area contributed by atoms with E-state index in [4.69, 9.17) is 4.74 Å². The zero-order chi connectivity index (χ0) is 15.4. The van der Waals surface area contributed by atoms with Crippen LogP contribution in [0.4, 0.5) is 0 Å². The molecule has 1 heterocycles. The van der Waals surface area contributed by atoms with Crippen molar-refractivity contribution >= 4 is 0 Å². The summed E-state index contributed by atoms with van der Waals surface area (Å²) in [6, 6.07) is 11.3. The van der Waals surface area contributed by atoms with E-state index in [2.05, 4.69) is 53.4 Å². The molecule has 0 spiro atoms. The van der Waals surface area contributed by atoms with Crippen LogP contribution in [0.2, 0.25) is 0 Å². The molecule has 0 aromatic heterocycles. The maximum absolute atomic E-state index is 5.49. The average molecular weight is 303 g/mol. The number of hydrazine groups is 1. The van der Waals surface area contributed by atoms with Gasteiger partial charge in [-0.3, -0.25) is 10.9 Å². The Hall–Kier alpha value is -0.940. The molecule has 1 aromatic rings. The molecule has 1 saturated carbocycles. The van der Waals surface area contributed by atoms with Crippen molar-refractivity contribution in [2.45, 2.75) is 37.8 Å². The molecule has 1 saturated heterocycles. The van der Waals surface area contributed by atoms with Gasteiger partial charge in [0.05, 0.1) is 12.1 Å². The molecule has 0 bridgehead atoms. The Kier molecular flexibility index (Phi) is 5.14. The second kappa shape index (κ2) is 7.09. The third-order valence-electron chi connectivity index (χ3n) is 5.38. The van der Waals surface area contributed by atoms with Crippen molar-refractivity contribution in [2.75, 3.05) is 26.8 Å². The minimum absolute atomic E-state index is 0.117. The molecule has 3 rings (SSSR count). The summed E-state index contributed by atoms with van der Waals surface area (Å²) in [5.41, 5.74) is 7.93. The first-order valence-electron chi connectivity index (χ1n) is 8.49. The SMILES string of the molecule is COCC(C)(NCC1CCC2CNNC2C1)c1ccccc1. The number of methoxy groups -OCH3 is 1. The fourth-order valence-electron chi connectivity index (χ4n) is 3.95. The highest BCUT2D eigenvalue weighted by molar-refractivity contribution is 5.23. The predicted molar refractivity (Wildman–Crippen MR) is 89.4 cm³/mol. The van der Waals surface area contributed by atoms with Crippen molar-refractivity contribution in [3.63, 3.8) is 0 Å². The van der Waals surface area contributed by atoms with Crippen molar-refractivity contribution in [3.05, 3.63) is 35.9 Å². The van der Waals surface area contributed by atoms with Gasteiger partial charge in [-0.2, -0.15) is 0 Å². The molecule has 4 heteroatoms. The summed E-state index contributed by atoms with van der Waals surface area (Å²) in [7, 11) is 1.78. The summed E-state index contributed by atoms with van der Waals surface area (Å²) in [5.74, 6) is 1.57. The van der Waals surface area contributed by atoms with Gasteiger partial charge < -0.3 is 10.1 Å². The third kappa shape index (κ3) is 3.51. The van der Waals surface area contributed by atoms with E-state index in [1.165, 1.54) is 24.8 Å². The Balaban J connectivity index is 1.60. The molecule has 4 unspecified atom stereocenters. The fraction of sp³-hybridized carbons (Fsp3) is 0.667. The molecule has 4 nitrogen and oxygen atoms in total. The standard InChI is InChI=1S/C18H29N3O/c1-18(13-22-2,16-6-4-3-5-7-16)19-11-14-8-9-15-12-20-21-17(15)10-14/h3-7,14-15,17,19-21H,8-13H2,1-2H3. The topological polar surface area (TPSA) is 45.3 Å². The maximum atomic E-state index is 5.49. The lowest BCUT2D eigenvalue weighted by Gasteiger charge is -2.36. The number of benzene rings is 1. The summed E-state index contributed by atoms with van der Waals surface area (Å²) >= 11 is 0. The molecule has 0 amide bonds. The van der Waals surface area contributed by atoms with E-state index in [0.29, 0.717) is 12.6 Å². The van der Waals surface area contributed by atoms with Crippen molar-refractivity contribution in [2.24, 2.45) is 11.8 Å². The number of hydrogen-bond acceptors (Lipinski definition) is 4. The summed E-state index contributed by atoms with van der Waals surface area (Å²) in [4.78, 5) is 0. The van der Waals surface area contributed by atoms with Crippen LogP contribution in [0.25, 0.3) is 0 Å². The van der Waals surface area contributed by atoms with Gasteiger partial charge in [0, 0.05) is 19.7 Å². The third-order valence-corrected chi connectivity index (χ3v) is 5.38.